The lowest BCUT2D eigenvalue weighted by Crippen LogP contribution is -2.23. The molecule has 0 amide bonds. The lowest BCUT2D eigenvalue weighted by Gasteiger charge is -2.19. The van der Waals surface area contributed by atoms with Gasteiger partial charge in [0.15, 0.2) is 0 Å². The van der Waals surface area contributed by atoms with E-state index in [9.17, 15) is 4.39 Å². The Kier molecular flexibility index (Phi) is 5.22. The van der Waals surface area contributed by atoms with Gasteiger partial charge in [-0.1, -0.05) is 6.07 Å². The van der Waals surface area contributed by atoms with E-state index in [2.05, 4.69) is 5.32 Å². The molecule has 1 aromatic rings. The van der Waals surface area contributed by atoms with Crippen LogP contribution >= 0.6 is 0 Å². The van der Waals surface area contributed by atoms with Crippen LogP contribution in [0.25, 0.3) is 0 Å². The van der Waals surface area contributed by atoms with E-state index in [1.807, 2.05) is 25.1 Å². The molecule has 0 saturated heterocycles. The minimum absolute atomic E-state index is 0.189. The standard InChI is InChI=1S/C12H19FN2O/c1-14-9-10-4-5-12(11(13)8-10)15(2)6-7-16-3/h4-5,8,14H,6-7,9H2,1-3H3. The van der Waals surface area contributed by atoms with E-state index in [-0.39, 0.29) is 5.82 Å². The summed E-state index contributed by atoms with van der Waals surface area (Å²) in [5, 5.41) is 2.99. The third kappa shape index (κ3) is 3.47. The minimum atomic E-state index is -0.189. The molecule has 0 fully saturated rings. The topological polar surface area (TPSA) is 24.5 Å². The molecule has 0 spiro atoms. The van der Waals surface area contributed by atoms with Crippen molar-refractivity contribution in [2.75, 3.05) is 39.3 Å². The van der Waals surface area contributed by atoms with Crippen LogP contribution in [0.1, 0.15) is 5.56 Å². The van der Waals surface area contributed by atoms with Gasteiger partial charge in [-0.25, -0.2) is 4.39 Å². The summed E-state index contributed by atoms with van der Waals surface area (Å²) in [5.41, 5.74) is 1.56. The van der Waals surface area contributed by atoms with Crippen LogP contribution in [0.5, 0.6) is 0 Å². The number of halogens is 1. The molecule has 1 N–H and O–H groups in total. The first-order valence-electron chi connectivity index (χ1n) is 5.32. The lowest BCUT2D eigenvalue weighted by atomic mass is 10.2. The minimum Gasteiger partial charge on any atom is -0.383 e. The fourth-order valence-electron chi connectivity index (χ4n) is 1.52. The molecule has 0 aromatic heterocycles. The molecule has 0 unspecified atom stereocenters. The SMILES string of the molecule is CNCc1ccc(N(C)CCOC)c(F)c1. The third-order valence-electron chi connectivity index (χ3n) is 2.44. The van der Waals surface area contributed by atoms with Crippen LogP contribution in [0, 0.1) is 5.82 Å². The molecule has 3 nitrogen and oxygen atoms in total. The second-order valence-electron chi connectivity index (χ2n) is 3.73. The van der Waals surface area contributed by atoms with Crippen LogP contribution in [-0.4, -0.2) is 34.4 Å². The van der Waals surface area contributed by atoms with Crippen molar-refractivity contribution in [1.82, 2.24) is 5.32 Å². The maximum absolute atomic E-state index is 13.7. The molecule has 0 aliphatic rings. The molecule has 0 heterocycles. The Morgan fingerprint density at radius 3 is 2.75 bits per heavy atom. The van der Waals surface area contributed by atoms with E-state index >= 15 is 0 Å². The highest BCUT2D eigenvalue weighted by Gasteiger charge is 2.07. The van der Waals surface area contributed by atoms with Gasteiger partial charge in [-0.05, 0) is 24.7 Å². The van der Waals surface area contributed by atoms with Crippen molar-refractivity contribution in [2.45, 2.75) is 6.54 Å². The number of nitrogens with one attached hydrogen (secondary N) is 1. The summed E-state index contributed by atoms with van der Waals surface area (Å²) in [4.78, 5) is 1.85. The normalized spacial score (nSPS) is 10.5. The van der Waals surface area contributed by atoms with Gasteiger partial charge < -0.3 is 15.0 Å². The lowest BCUT2D eigenvalue weighted by molar-refractivity contribution is 0.206. The van der Waals surface area contributed by atoms with Gasteiger partial charge in [-0.3, -0.25) is 0 Å². The maximum Gasteiger partial charge on any atom is 0.146 e. The zero-order chi connectivity index (χ0) is 12.0. The van der Waals surface area contributed by atoms with E-state index < -0.39 is 0 Å². The number of likely N-dealkylation sites (N-methyl/N-ethyl adjacent to an activating group) is 1. The van der Waals surface area contributed by atoms with Crippen molar-refractivity contribution in [1.29, 1.82) is 0 Å². The molecule has 0 radical (unpaired) electrons. The van der Waals surface area contributed by atoms with E-state index in [0.717, 1.165) is 5.56 Å². The molecular weight excluding hydrogens is 207 g/mol. The number of methoxy groups -OCH3 is 1. The highest BCUT2D eigenvalue weighted by molar-refractivity contribution is 5.48. The summed E-state index contributed by atoms with van der Waals surface area (Å²) in [6.07, 6.45) is 0. The Balaban J connectivity index is 2.73. The Hall–Kier alpha value is -1.13. The molecule has 0 aliphatic carbocycles. The molecule has 0 saturated carbocycles. The van der Waals surface area contributed by atoms with Crippen LogP contribution in [0.3, 0.4) is 0 Å². The number of anilines is 1. The maximum atomic E-state index is 13.7. The summed E-state index contributed by atoms with van der Waals surface area (Å²) >= 11 is 0. The first-order chi connectivity index (χ1) is 7.69. The van der Waals surface area contributed by atoms with Crippen LogP contribution in [-0.2, 0) is 11.3 Å². The highest BCUT2D eigenvalue weighted by atomic mass is 19.1. The van der Waals surface area contributed by atoms with Crippen molar-refractivity contribution in [2.24, 2.45) is 0 Å². The molecule has 16 heavy (non-hydrogen) atoms. The predicted octanol–water partition coefficient (Wildman–Crippen LogP) is 1.63. The fraction of sp³-hybridized carbons (Fsp3) is 0.500. The van der Waals surface area contributed by atoms with Gasteiger partial charge in [-0.2, -0.15) is 0 Å². The summed E-state index contributed by atoms with van der Waals surface area (Å²) < 4.78 is 18.7. The molecule has 1 rings (SSSR count). The van der Waals surface area contributed by atoms with Gasteiger partial charge >= 0.3 is 0 Å². The summed E-state index contributed by atoms with van der Waals surface area (Å²) in [7, 11) is 5.34. The Labute approximate surface area is 96.2 Å². The van der Waals surface area contributed by atoms with E-state index in [1.165, 1.54) is 0 Å². The van der Waals surface area contributed by atoms with Gasteiger partial charge in [0.05, 0.1) is 12.3 Å². The molecule has 0 bridgehead atoms. The predicted molar refractivity (Wildman–Crippen MR) is 64.3 cm³/mol. The van der Waals surface area contributed by atoms with Crippen molar-refractivity contribution < 1.29 is 9.13 Å². The average molecular weight is 226 g/mol. The smallest absolute Gasteiger partial charge is 0.146 e. The largest absolute Gasteiger partial charge is 0.383 e. The number of benzene rings is 1. The van der Waals surface area contributed by atoms with Crippen molar-refractivity contribution in [3.05, 3.63) is 29.6 Å². The Bertz CT molecular complexity index is 331. The van der Waals surface area contributed by atoms with Gasteiger partial charge in [0, 0.05) is 27.2 Å². The van der Waals surface area contributed by atoms with Gasteiger partial charge in [-0.15, -0.1) is 0 Å². The number of rotatable bonds is 6. The molecule has 0 atom stereocenters. The monoisotopic (exact) mass is 226 g/mol. The molecular formula is C12H19FN2O. The first-order valence-corrected chi connectivity index (χ1v) is 5.32. The molecule has 1 aromatic carbocycles. The summed E-state index contributed by atoms with van der Waals surface area (Å²) in [5.74, 6) is -0.189. The Morgan fingerprint density at radius 1 is 1.44 bits per heavy atom. The number of ether oxygens (including phenoxy) is 1. The van der Waals surface area contributed by atoms with Crippen LogP contribution in [0.4, 0.5) is 10.1 Å². The second-order valence-corrected chi connectivity index (χ2v) is 3.73. The zero-order valence-corrected chi connectivity index (χ0v) is 10.1. The zero-order valence-electron chi connectivity index (χ0n) is 10.1. The average Bonchev–Trinajstić information content (AvgIpc) is 2.26. The van der Waals surface area contributed by atoms with Gasteiger partial charge in [0.1, 0.15) is 5.82 Å². The molecule has 4 heteroatoms. The van der Waals surface area contributed by atoms with Crippen molar-refractivity contribution in [3.63, 3.8) is 0 Å². The summed E-state index contributed by atoms with van der Waals surface area (Å²) in [6, 6.07) is 5.30. The fourth-order valence-corrected chi connectivity index (χ4v) is 1.52. The van der Waals surface area contributed by atoms with E-state index in [1.54, 1.807) is 19.2 Å². The number of hydrogen-bond acceptors (Lipinski definition) is 3. The third-order valence-corrected chi connectivity index (χ3v) is 2.44. The first kappa shape index (κ1) is 12.9. The van der Waals surface area contributed by atoms with E-state index in [4.69, 9.17) is 4.74 Å². The molecule has 90 valence electrons. The van der Waals surface area contributed by atoms with Gasteiger partial charge in [0.2, 0.25) is 0 Å². The van der Waals surface area contributed by atoms with Gasteiger partial charge in [0.25, 0.3) is 0 Å². The Morgan fingerprint density at radius 2 is 2.19 bits per heavy atom. The second kappa shape index (κ2) is 6.45. The van der Waals surface area contributed by atoms with Crippen molar-refractivity contribution >= 4 is 5.69 Å². The number of hydrogen-bond donors (Lipinski definition) is 1. The van der Waals surface area contributed by atoms with Crippen molar-refractivity contribution in [3.8, 4) is 0 Å². The molecule has 0 aliphatic heterocycles. The highest BCUT2D eigenvalue weighted by Crippen LogP contribution is 2.19. The summed E-state index contributed by atoms with van der Waals surface area (Å²) in [6.45, 7) is 1.95. The van der Waals surface area contributed by atoms with Crippen LogP contribution in [0.2, 0.25) is 0 Å². The van der Waals surface area contributed by atoms with Crippen LogP contribution in [0.15, 0.2) is 18.2 Å². The quantitative estimate of drug-likeness (QED) is 0.798. The van der Waals surface area contributed by atoms with E-state index in [0.29, 0.717) is 25.4 Å². The number of nitrogens with zero attached hydrogens (tertiary/aromatic N) is 1. The van der Waals surface area contributed by atoms with Crippen LogP contribution < -0.4 is 10.2 Å².